The van der Waals surface area contributed by atoms with Crippen LogP contribution in [0.2, 0.25) is 0 Å². The topological polar surface area (TPSA) is 103 Å². The summed E-state index contributed by atoms with van der Waals surface area (Å²) in [5.41, 5.74) is 2.48. The second-order valence-electron chi connectivity index (χ2n) is 10.8. The molecule has 0 spiro atoms. The van der Waals surface area contributed by atoms with Crippen LogP contribution in [0.3, 0.4) is 0 Å². The molecule has 2 aliphatic carbocycles. The second-order valence-corrected chi connectivity index (χ2v) is 10.8. The second kappa shape index (κ2) is 14.6. The Bertz CT molecular complexity index is 932. The number of fused-ring (bicyclic) bond motifs is 1. The summed E-state index contributed by atoms with van der Waals surface area (Å²) in [6.45, 7) is 6.26. The van der Waals surface area contributed by atoms with E-state index in [9.17, 15) is 14.4 Å². The maximum atomic E-state index is 14.0. The van der Waals surface area contributed by atoms with Gasteiger partial charge in [-0.05, 0) is 76.6 Å². The van der Waals surface area contributed by atoms with Crippen molar-refractivity contribution in [2.45, 2.75) is 109 Å². The molecule has 5 atom stereocenters. The number of hydrogen-bond donors (Lipinski definition) is 4. The summed E-state index contributed by atoms with van der Waals surface area (Å²) in [5.74, 6) is -0.298. The van der Waals surface area contributed by atoms with Gasteiger partial charge in [0.05, 0.1) is 12.1 Å². The van der Waals surface area contributed by atoms with Crippen LogP contribution >= 0.6 is 0 Å². The molecule has 0 aromatic heterocycles. The summed E-state index contributed by atoms with van der Waals surface area (Å²) in [6.07, 6.45) is 8.68. The molecule has 3 aliphatic rings. The molecule has 2 fully saturated rings. The highest BCUT2D eigenvalue weighted by atomic mass is 16.2. The van der Waals surface area contributed by atoms with Crippen molar-refractivity contribution in [2.75, 3.05) is 20.6 Å². The van der Waals surface area contributed by atoms with Gasteiger partial charge in [0.15, 0.2) is 0 Å². The van der Waals surface area contributed by atoms with Gasteiger partial charge in [-0.25, -0.2) is 0 Å². The van der Waals surface area contributed by atoms with Gasteiger partial charge in [-0.15, -0.1) is 0 Å². The van der Waals surface area contributed by atoms with E-state index in [0.717, 1.165) is 51.4 Å². The van der Waals surface area contributed by atoms with E-state index in [0.29, 0.717) is 13.0 Å². The Labute approximate surface area is 229 Å². The molecule has 1 saturated carbocycles. The fraction of sp³-hybridized carbons (Fsp3) is 0.700. The average Bonchev–Trinajstić information content (AvgIpc) is 3.41. The normalized spacial score (nSPS) is 24.9. The Hall–Kier alpha value is -2.45. The van der Waals surface area contributed by atoms with Crippen molar-refractivity contribution in [3.8, 4) is 0 Å². The number of hydrogen-bond acceptors (Lipinski definition) is 5. The molecule has 8 heteroatoms. The predicted octanol–water partition coefficient (Wildman–Crippen LogP) is 3.07. The van der Waals surface area contributed by atoms with Crippen molar-refractivity contribution in [3.63, 3.8) is 0 Å². The molecular formula is C30H49N5O3. The van der Waals surface area contributed by atoms with Crippen LogP contribution < -0.4 is 21.3 Å². The van der Waals surface area contributed by atoms with E-state index in [2.05, 4.69) is 33.4 Å². The maximum Gasteiger partial charge on any atom is 0.246 e. The molecule has 38 heavy (non-hydrogen) atoms. The Morgan fingerprint density at radius 3 is 2.37 bits per heavy atom. The fourth-order valence-corrected chi connectivity index (χ4v) is 6.15. The zero-order valence-corrected chi connectivity index (χ0v) is 24.0. The molecule has 1 saturated heterocycles. The molecule has 0 radical (unpaired) electrons. The van der Waals surface area contributed by atoms with Gasteiger partial charge in [-0.1, -0.05) is 57.4 Å². The number of aryl methyl sites for hydroxylation is 1. The van der Waals surface area contributed by atoms with Gasteiger partial charge in [-0.2, -0.15) is 0 Å². The molecule has 1 aliphatic heterocycles. The van der Waals surface area contributed by atoms with Gasteiger partial charge >= 0.3 is 0 Å². The molecule has 4 N–H and O–H groups in total. The van der Waals surface area contributed by atoms with Crippen LogP contribution in [0, 0.1) is 5.92 Å². The van der Waals surface area contributed by atoms with E-state index in [1.165, 1.54) is 11.1 Å². The highest BCUT2D eigenvalue weighted by Crippen LogP contribution is 2.32. The highest BCUT2D eigenvalue weighted by molar-refractivity contribution is 5.94. The largest absolute Gasteiger partial charge is 0.347 e. The van der Waals surface area contributed by atoms with Crippen molar-refractivity contribution < 1.29 is 14.4 Å². The number of carbonyl (C=O) groups excluding carboxylic acids is 3. The van der Waals surface area contributed by atoms with Gasteiger partial charge < -0.3 is 26.2 Å². The van der Waals surface area contributed by atoms with Gasteiger partial charge in [0.1, 0.15) is 12.1 Å². The van der Waals surface area contributed by atoms with Crippen LogP contribution in [0.15, 0.2) is 24.3 Å². The molecule has 212 valence electrons. The predicted molar refractivity (Wildman–Crippen MR) is 152 cm³/mol. The minimum Gasteiger partial charge on any atom is -0.347 e. The number of likely N-dealkylation sites (tertiary alicyclic amines) is 1. The van der Waals surface area contributed by atoms with E-state index >= 15 is 0 Å². The fourth-order valence-electron chi connectivity index (χ4n) is 6.15. The van der Waals surface area contributed by atoms with Crippen molar-refractivity contribution in [1.29, 1.82) is 0 Å². The average molecular weight is 528 g/mol. The smallest absolute Gasteiger partial charge is 0.246 e. The molecule has 2 unspecified atom stereocenters. The van der Waals surface area contributed by atoms with Crippen molar-refractivity contribution in [1.82, 2.24) is 26.2 Å². The monoisotopic (exact) mass is 527 g/mol. The number of carbonyl (C=O) groups is 3. The Kier molecular flexibility index (Phi) is 11.6. The number of nitrogens with one attached hydrogen (secondary N) is 4. The summed E-state index contributed by atoms with van der Waals surface area (Å²) in [4.78, 5) is 42.2. The van der Waals surface area contributed by atoms with Crippen LogP contribution in [-0.2, 0) is 20.8 Å². The summed E-state index contributed by atoms with van der Waals surface area (Å²) < 4.78 is 0. The first-order chi connectivity index (χ1) is 18.4. The lowest BCUT2D eigenvalue weighted by Crippen LogP contribution is -2.58. The van der Waals surface area contributed by atoms with Gasteiger partial charge in [0.25, 0.3) is 0 Å². The van der Waals surface area contributed by atoms with Crippen LogP contribution in [-0.4, -0.2) is 67.4 Å². The maximum absolute atomic E-state index is 14.0. The van der Waals surface area contributed by atoms with E-state index in [1.54, 1.807) is 18.9 Å². The summed E-state index contributed by atoms with van der Waals surface area (Å²) in [5, 5.41) is 12.6. The SMILES string of the molecule is CC.CNC(C)C(=O)N[C@H](C(=O)N1C[C@@H](NC)C[C@H]1C(=O)NC1CCCc2ccccc21)C1CCCCC1. The lowest BCUT2D eigenvalue weighted by atomic mass is 9.83. The number of benzene rings is 1. The quantitative estimate of drug-likeness (QED) is 0.416. The third kappa shape index (κ3) is 7.14. The van der Waals surface area contributed by atoms with E-state index in [1.807, 2.05) is 33.0 Å². The number of likely N-dealkylation sites (N-methyl/N-ethyl adjacent to an activating group) is 2. The number of amides is 3. The first-order valence-corrected chi connectivity index (χ1v) is 14.8. The minimum absolute atomic E-state index is 0.0293. The molecule has 3 amide bonds. The van der Waals surface area contributed by atoms with Crippen molar-refractivity contribution in [3.05, 3.63) is 35.4 Å². The first kappa shape index (κ1) is 30.1. The Morgan fingerprint density at radius 1 is 0.974 bits per heavy atom. The Balaban J connectivity index is 0.00000195. The van der Waals surface area contributed by atoms with Gasteiger partial charge in [0, 0.05) is 12.6 Å². The van der Waals surface area contributed by atoms with E-state index in [-0.39, 0.29) is 35.7 Å². The standard InChI is InChI=1S/C28H43N5O3.C2H6/c1-18(29-2)26(34)32-25(20-11-5-4-6-12-20)28(36)33-17-21(30-3)16-24(33)27(35)31-23-15-9-13-19-10-7-8-14-22(19)23;1-2/h7-8,10,14,18,20-21,23-25,29-30H,4-6,9,11-13,15-17H2,1-3H3,(H,31,35)(H,32,34);1-2H3/t18?,21-,23?,24-,25-;/m0./s1. The molecule has 4 rings (SSSR count). The van der Waals surface area contributed by atoms with Crippen molar-refractivity contribution >= 4 is 17.7 Å². The summed E-state index contributed by atoms with van der Waals surface area (Å²) in [7, 11) is 3.61. The third-order valence-corrected chi connectivity index (χ3v) is 8.49. The third-order valence-electron chi connectivity index (χ3n) is 8.49. The van der Waals surface area contributed by atoms with Crippen LogP contribution in [0.25, 0.3) is 0 Å². The van der Waals surface area contributed by atoms with Crippen molar-refractivity contribution in [2.24, 2.45) is 5.92 Å². The summed E-state index contributed by atoms with van der Waals surface area (Å²) >= 11 is 0. The highest BCUT2D eigenvalue weighted by Gasteiger charge is 2.44. The zero-order chi connectivity index (χ0) is 27.7. The van der Waals surface area contributed by atoms with E-state index in [4.69, 9.17) is 0 Å². The molecule has 1 aromatic rings. The Morgan fingerprint density at radius 2 is 1.68 bits per heavy atom. The molecular weight excluding hydrogens is 478 g/mol. The molecule has 1 aromatic carbocycles. The first-order valence-electron chi connectivity index (χ1n) is 14.8. The number of nitrogens with zero attached hydrogens (tertiary/aromatic N) is 1. The van der Waals surface area contributed by atoms with Crippen LogP contribution in [0.5, 0.6) is 0 Å². The zero-order valence-electron chi connectivity index (χ0n) is 24.0. The van der Waals surface area contributed by atoms with Gasteiger partial charge in [-0.3, -0.25) is 14.4 Å². The molecule has 8 nitrogen and oxygen atoms in total. The minimum atomic E-state index is -0.602. The lowest BCUT2D eigenvalue weighted by molar-refractivity contribution is -0.143. The summed E-state index contributed by atoms with van der Waals surface area (Å²) in [6, 6.07) is 6.79. The van der Waals surface area contributed by atoms with Gasteiger partial charge in [0.2, 0.25) is 17.7 Å². The lowest BCUT2D eigenvalue weighted by Gasteiger charge is -2.35. The molecule has 0 bridgehead atoms. The van der Waals surface area contributed by atoms with Crippen LogP contribution in [0.4, 0.5) is 0 Å². The molecule has 1 heterocycles. The van der Waals surface area contributed by atoms with Crippen LogP contribution in [0.1, 0.15) is 89.3 Å². The van der Waals surface area contributed by atoms with E-state index < -0.39 is 18.1 Å². The number of rotatable bonds is 8.